The summed E-state index contributed by atoms with van der Waals surface area (Å²) in [5.41, 5.74) is 1.88. The lowest BCUT2D eigenvalue weighted by Crippen LogP contribution is -2.40. The molecule has 39 heavy (non-hydrogen) atoms. The maximum atomic E-state index is 13.8. The molecule has 0 aliphatic carbocycles. The Balaban J connectivity index is 1.83. The molecule has 10 heteroatoms. The van der Waals surface area contributed by atoms with Crippen molar-refractivity contribution in [1.82, 2.24) is 4.57 Å². The topological polar surface area (TPSA) is 109 Å². The van der Waals surface area contributed by atoms with Crippen LogP contribution in [0, 0.1) is 0 Å². The number of phenolic OH excluding ortho intramolecular Hbond substituents is 1. The van der Waals surface area contributed by atoms with E-state index in [1.807, 2.05) is 38.1 Å². The van der Waals surface area contributed by atoms with Gasteiger partial charge in [-0.2, -0.15) is 0 Å². The number of carbonyl (C=O) groups is 1. The van der Waals surface area contributed by atoms with E-state index in [1.54, 1.807) is 25.1 Å². The maximum absolute atomic E-state index is 13.8. The molecule has 1 N–H and O–H groups in total. The summed E-state index contributed by atoms with van der Waals surface area (Å²) in [4.78, 5) is 32.1. The van der Waals surface area contributed by atoms with Crippen molar-refractivity contribution in [3.05, 3.63) is 84.5 Å². The van der Waals surface area contributed by atoms with Gasteiger partial charge in [0.15, 0.2) is 16.3 Å². The molecule has 0 fully saturated rings. The third-order valence-corrected chi connectivity index (χ3v) is 7.00. The predicted octanol–water partition coefficient (Wildman–Crippen LogP) is 3.32. The molecule has 0 amide bonds. The van der Waals surface area contributed by atoms with Crippen LogP contribution in [0.4, 0.5) is 0 Å². The van der Waals surface area contributed by atoms with Gasteiger partial charge >= 0.3 is 5.97 Å². The zero-order chi connectivity index (χ0) is 27.9. The van der Waals surface area contributed by atoms with Crippen molar-refractivity contribution in [2.24, 2.45) is 4.99 Å². The number of esters is 1. The third kappa shape index (κ3) is 6.23. The van der Waals surface area contributed by atoms with Crippen molar-refractivity contribution in [2.75, 3.05) is 33.5 Å². The van der Waals surface area contributed by atoms with Crippen LogP contribution in [0.25, 0.3) is 6.08 Å². The lowest BCUT2D eigenvalue weighted by Gasteiger charge is -2.25. The van der Waals surface area contributed by atoms with Crippen molar-refractivity contribution >= 4 is 23.4 Å². The normalized spacial score (nSPS) is 15.1. The van der Waals surface area contributed by atoms with Crippen LogP contribution >= 0.6 is 11.3 Å². The molecule has 0 saturated heterocycles. The molecular weight excluding hydrogens is 520 g/mol. The number of hydrogen-bond acceptors (Lipinski definition) is 9. The fourth-order valence-corrected chi connectivity index (χ4v) is 5.25. The lowest BCUT2D eigenvalue weighted by molar-refractivity contribution is -0.140. The summed E-state index contributed by atoms with van der Waals surface area (Å²) in [5, 5.41) is 10.1. The van der Waals surface area contributed by atoms with Crippen LogP contribution in [0.5, 0.6) is 17.2 Å². The number of allylic oxidation sites excluding steroid dienone is 1. The highest BCUT2D eigenvalue weighted by molar-refractivity contribution is 7.07. The highest BCUT2D eigenvalue weighted by Gasteiger charge is 2.33. The van der Waals surface area contributed by atoms with E-state index in [4.69, 9.17) is 18.9 Å². The molecule has 1 unspecified atom stereocenters. The molecule has 206 valence electrons. The SMILES string of the molecule is CCCOc1ccc(C2C(C(=O)OCCOC)=C(C)N=c3sc(=Cc4ccc(O)c(OCC)c4)c(=O)n32)cc1. The molecule has 9 nitrogen and oxygen atoms in total. The molecule has 2 aromatic carbocycles. The number of benzene rings is 2. The van der Waals surface area contributed by atoms with E-state index in [1.165, 1.54) is 29.1 Å². The second kappa shape index (κ2) is 12.8. The van der Waals surface area contributed by atoms with E-state index in [0.717, 1.165) is 12.0 Å². The Morgan fingerprint density at radius 1 is 1.10 bits per heavy atom. The number of nitrogens with zero attached hydrogens (tertiary/aromatic N) is 2. The Labute approximate surface area is 230 Å². The van der Waals surface area contributed by atoms with Crippen LogP contribution in [-0.4, -0.2) is 49.2 Å². The van der Waals surface area contributed by atoms with Crippen molar-refractivity contribution in [1.29, 1.82) is 0 Å². The van der Waals surface area contributed by atoms with E-state index >= 15 is 0 Å². The Hall–Kier alpha value is -3.89. The number of thiazole rings is 1. The second-order valence-corrected chi connectivity index (χ2v) is 9.80. The van der Waals surface area contributed by atoms with Crippen LogP contribution in [0.1, 0.15) is 44.4 Å². The van der Waals surface area contributed by atoms with Crippen LogP contribution < -0.4 is 24.4 Å². The molecular formula is C29H32N2O7S. The fraction of sp³-hybridized carbons (Fsp3) is 0.345. The molecule has 1 aliphatic heterocycles. The van der Waals surface area contributed by atoms with Crippen LogP contribution in [0.15, 0.2) is 63.5 Å². The number of phenols is 1. The van der Waals surface area contributed by atoms with Crippen LogP contribution in [0.2, 0.25) is 0 Å². The molecule has 0 spiro atoms. The Bertz CT molecular complexity index is 1540. The summed E-state index contributed by atoms with van der Waals surface area (Å²) in [6, 6.07) is 11.5. The van der Waals surface area contributed by atoms with Gasteiger partial charge in [-0.3, -0.25) is 9.36 Å². The van der Waals surface area contributed by atoms with Gasteiger partial charge in [-0.05, 0) is 61.7 Å². The van der Waals surface area contributed by atoms with Gasteiger partial charge in [0, 0.05) is 7.11 Å². The van der Waals surface area contributed by atoms with Crippen LogP contribution in [0.3, 0.4) is 0 Å². The first-order valence-electron chi connectivity index (χ1n) is 12.7. The number of hydrogen-bond donors (Lipinski definition) is 1. The van der Waals surface area contributed by atoms with E-state index in [9.17, 15) is 14.7 Å². The Morgan fingerprint density at radius 3 is 2.56 bits per heavy atom. The molecule has 1 aromatic heterocycles. The molecule has 3 aromatic rings. The van der Waals surface area contributed by atoms with Crippen LogP contribution in [-0.2, 0) is 14.3 Å². The van der Waals surface area contributed by atoms with E-state index in [0.29, 0.717) is 45.3 Å². The van der Waals surface area contributed by atoms with Gasteiger partial charge in [-0.1, -0.05) is 36.5 Å². The Kier molecular flexibility index (Phi) is 9.21. The minimum absolute atomic E-state index is 0.0223. The molecule has 1 aliphatic rings. The average molecular weight is 553 g/mol. The smallest absolute Gasteiger partial charge is 0.338 e. The summed E-state index contributed by atoms with van der Waals surface area (Å²) in [7, 11) is 1.53. The number of methoxy groups -OCH3 is 1. The minimum atomic E-state index is -0.738. The van der Waals surface area contributed by atoms with Gasteiger partial charge in [0.05, 0.1) is 41.7 Å². The first-order valence-corrected chi connectivity index (χ1v) is 13.6. The van der Waals surface area contributed by atoms with E-state index in [-0.39, 0.29) is 30.1 Å². The minimum Gasteiger partial charge on any atom is -0.504 e. The zero-order valence-electron chi connectivity index (χ0n) is 22.4. The van der Waals surface area contributed by atoms with Gasteiger partial charge in [0.2, 0.25) is 0 Å². The molecule has 1 atom stereocenters. The van der Waals surface area contributed by atoms with Crippen molar-refractivity contribution < 1.29 is 28.8 Å². The van der Waals surface area contributed by atoms with Crippen molar-refractivity contribution in [3.8, 4) is 17.2 Å². The summed E-state index contributed by atoms with van der Waals surface area (Å²) in [5.74, 6) is 0.502. The van der Waals surface area contributed by atoms with Crippen molar-refractivity contribution in [3.63, 3.8) is 0 Å². The van der Waals surface area contributed by atoms with Gasteiger partial charge < -0.3 is 24.1 Å². The molecule has 0 bridgehead atoms. The number of aromatic hydroxyl groups is 1. The number of rotatable bonds is 11. The Morgan fingerprint density at radius 2 is 1.87 bits per heavy atom. The van der Waals surface area contributed by atoms with E-state index < -0.39 is 12.0 Å². The van der Waals surface area contributed by atoms with Crippen molar-refractivity contribution in [2.45, 2.75) is 33.2 Å². The van der Waals surface area contributed by atoms with Gasteiger partial charge in [-0.25, -0.2) is 9.79 Å². The first kappa shape index (κ1) is 28.1. The predicted molar refractivity (Wildman–Crippen MR) is 148 cm³/mol. The van der Waals surface area contributed by atoms with Gasteiger partial charge in [0.25, 0.3) is 5.56 Å². The van der Waals surface area contributed by atoms with E-state index in [2.05, 4.69) is 4.99 Å². The molecule has 4 rings (SSSR count). The summed E-state index contributed by atoms with van der Waals surface area (Å²) in [6.07, 6.45) is 2.60. The van der Waals surface area contributed by atoms with Gasteiger partial charge in [0.1, 0.15) is 12.4 Å². The zero-order valence-corrected chi connectivity index (χ0v) is 23.2. The number of fused-ring (bicyclic) bond motifs is 1. The largest absolute Gasteiger partial charge is 0.504 e. The molecule has 0 saturated carbocycles. The monoisotopic (exact) mass is 552 g/mol. The summed E-state index contributed by atoms with van der Waals surface area (Å²) >= 11 is 1.23. The quantitative estimate of drug-likeness (QED) is 0.287. The lowest BCUT2D eigenvalue weighted by atomic mass is 9.96. The maximum Gasteiger partial charge on any atom is 0.338 e. The standard InChI is InChI=1S/C29H32N2O7S/c1-5-13-37-21-10-8-20(9-11-21)26-25(28(34)38-15-14-35-4)18(3)30-29-31(26)27(33)24(39-29)17-19-7-12-22(32)23(16-19)36-6-2/h7-12,16-17,26,32H,5-6,13-15H2,1-4H3. The third-order valence-electron chi connectivity index (χ3n) is 6.01. The number of carbonyl (C=O) groups excluding carboxylic acids is 1. The second-order valence-electron chi connectivity index (χ2n) is 8.79. The molecule has 2 heterocycles. The fourth-order valence-electron chi connectivity index (χ4n) is 4.20. The summed E-state index contributed by atoms with van der Waals surface area (Å²) < 4.78 is 23.6. The number of ether oxygens (including phenoxy) is 4. The highest BCUT2D eigenvalue weighted by atomic mass is 32.1. The number of aromatic nitrogens is 1. The summed E-state index contributed by atoms with van der Waals surface area (Å²) in [6.45, 7) is 6.91. The molecule has 0 radical (unpaired) electrons. The highest BCUT2D eigenvalue weighted by Crippen LogP contribution is 2.32. The first-order chi connectivity index (χ1) is 18.9. The van der Waals surface area contributed by atoms with Gasteiger partial charge in [-0.15, -0.1) is 0 Å². The average Bonchev–Trinajstić information content (AvgIpc) is 3.23.